The number of benzene rings is 2. The van der Waals surface area contributed by atoms with Crippen LogP contribution in [0.5, 0.6) is 11.5 Å². The standard InChI is InChI=1S/C17H14N4O4/c22-12-6-5-11(15(23)7-12)8-19-20-16(24)9-21-10-18-14-4-2-1-3-13(14)17(21)25/h1-8,10,22-23H,9H2,(H,20,24)/b19-8+. The number of hydrazone groups is 1. The number of carbonyl (C=O) groups is 1. The quantitative estimate of drug-likeness (QED) is 0.484. The molecule has 0 spiro atoms. The van der Waals surface area contributed by atoms with Crippen LogP contribution in [0.1, 0.15) is 5.56 Å². The van der Waals surface area contributed by atoms with Gasteiger partial charge in [-0.2, -0.15) is 5.10 Å². The first-order valence-electron chi connectivity index (χ1n) is 7.32. The van der Waals surface area contributed by atoms with Crippen molar-refractivity contribution in [1.29, 1.82) is 0 Å². The minimum atomic E-state index is -0.520. The van der Waals surface area contributed by atoms with Crippen molar-refractivity contribution >= 4 is 23.0 Å². The second kappa shape index (κ2) is 6.83. The maximum atomic E-state index is 12.3. The van der Waals surface area contributed by atoms with Crippen LogP contribution in [0.3, 0.4) is 0 Å². The van der Waals surface area contributed by atoms with Crippen molar-refractivity contribution in [3.63, 3.8) is 0 Å². The lowest BCUT2D eigenvalue weighted by Gasteiger charge is -2.05. The normalized spacial score (nSPS) is 11.0. The maximum absolute atomic E-state index is 12.3. The van der Waals surface area contributed by atoms with Crippen molar-refractivity contribution in [2.75, 3.05) is 0 Å². The summed E-state index contributed by atoms with van der Waals surface area (Å²) >= 11 is 0. The van der Waals surface area contributed by atoms with Gasteiger partial charge in [-0.3, -0.25) is 14.2 Å². The van der Waals surface area contributed by atoms with Crippen LogP contribution >= 0.6 is 0 Å². The highest BCUT2D eigenvalue weighted by Crippen LogP contribution is 2.20. The number of nitrogens with one attached hydrogen (secondary N) is 1. The van der Waals surface area contributed by atoms with E-state index >= 15 is 0 Å². The number of nitrogens with zero attached hydrogens (tertiary/aromatic N) is 3. The highest BCUT2D eigenvalue weighted by molar-refractivity contribution is 5.85. The van der Waals surface area contributed by atoms with Gasteiger partial charge in [-0.25, -0.2) is 10.4 Å². The van der Waals surface area contributed by atoms with Crippen LogP contribution in [-0.4, -0.2) is 31.9 Å². The molecule has 8 nitrogen and oxygen atoms in total. The van der Waals surface area contributed by atoms with Crippen LogP contribution in [0.15, 0.2) is 58.7 Å². The van der Waals surface area contributed by atoms with Crippen molar-refractivity contribution < 1.29 is 15.0 Å². The third-order valence-corrected chi connectivity index (χ3v) is 3.45. The summed E-state index contributed by atoms with van der Waals surface area (Å²) in [6, 6.07) is 10.8. The lowest BCUT2D eigenvalue weighted by atomic mass is 10.2. The van der Waals surface area contributed by atoms with Crippen LogP contribution in [0, 0.1) is 0 Å². The first-order chi connectivity index (χ1) is 12.0. The van der Waals surface area contributed by atoms with Crippen molar-refractivity contribution in [3.05, 3.63) is 64.7 Å². The van der Waals surface area contributed by atoms with Gasteiger partial charge in [0.15, 0.2) is 0 Å². The largest absolute Gasteiger partial charge is 0.508 e. The zero-order valence-corrected chi connectivity index (χ0v) is 13.0. The van der Waals surface area contributed by atoms with E-state index in [2.05, 4.69) is 15.5 Å². The Kier molecular flexibility index (Phi) is 4.42. The Morgan fingerprint density at radius 1 is 1.24 bits per heavy atom. The number of aromatic nitrogens is 2. The molecule has 0 atom stereocenters. The predicted molar refractivity (Wildman–Crippen MR) is 91.5 cm³/mol. The Labute approximate surface area is 141 Å². The molecule has 1 aromatic heterocycles. The molecule has 0 radical (unpaired) electrons. The molecule has 0 fully saturated rings. The lowest BCUT2D eigenvalue weighted by molar-refractivity contribution is -0.121. The summed E-state index contributed by atoms with van der Waals surface area (Å²) in [6.07, 6.45) is 2.54. The molecule has 25 heavy (non-hydrogen) atoms. The van der Waals surface area contributed by atoms with E-state index in [0.717, 1.165) is 6.07 Å². The van der Waals surface area contributed by atoms with Gasteiger partial charge in [-0.05, 0) is 24.3 Å². The van der Waals surface area contributed by atoms with Crippen molar-refractivity contribution in [2.45, 2.75) is 6.54 Å². The minimum Gasteiger partial charge on any atom is -0.508 e. The number of para-hydroxylation sites is 1. The topological polar surface area (TPSA) is 117 Å². The molecule has 1 heterocycles. The number of carbonyl (C=O) groups excluding carboxylic acids is 1. The number of phenolic OH excluding ortho intramolecular Hbond substituents is 2. The second-order valence-electron chi connectivity index (χ2n) is 5.23. The molecule has 3 rings (SSSR count). The van der Waals surface area contributed by atoms with Gasteiger partial charge >= 0.3 is 0 Å². The maximum Gasteiger partial charge on any atom is 0.261 e. The zero-order chi connectivity index (χ0) is 17.8. The first kappa shape index (κ1) is 16.2. The smallest absolute Gasteiger partial charge is 0.261 e. The fourth-order valence-electron chi connectivity index (χ4n) is 2.22. The number of hydrogen-bond acceptors (Lipinski definition) is 6. The molecule has 0 aliphatic rings. The average molecular weight is 338 g/mol. The summed E-state index contributed by atoms with van der Waals surface area (Å²) in [5.41, 5.74) is 2.83. The summed E-state index contributed by atoms with van der Waals surface area (Å²) in [5.74, 6) is -0.775. The van der Waals surface area contributed by atoms with Crippen LogP contribution in [0.2, 0.25) is 0 Å². The Morgan fingerprint density at radius 3 is 2.84 bits per heavy atom. The molecule has 8 heteroatoms. The van der Waals surface area contributed by atoms with Gasteiger partial charge in [0.05, 0.1) is 23.4 Å². The third kappa shape index (κ3) is 3.63. The molecule has 0 bridgehead atoms. The fourth-order valence-corrected chi connectivity index (χ4v) is 2.22. The third-order valence-electron chi connectivity index (χ3n) is 3.45. The number of amides is 1. The van der Waals surface area contributed by atoms with Crippen molar-refractivity contribution in [2.24, 2.45) is 5.10 Å². The van der Waals surface area contributed by atoms with Gasteiger partial charge in [0.1, 0.15) is 18.0 Å². The molecule has 0 aliphatic heterocycles. The van der Waals surface area contributed by atoms with E-state index in [1.807, 2.05) is 0 Å². The monoisotopic (exact) mass is 338 g/mol. The lowest BCUT2D eigenvalue weighted by Crippen LogP contribution is -2.30. The van der Waals surface area contributed by atoms with E-state index in [9.17, 15) is 19.8 Å². The highest BCUT2D eigenvalue weighted by Gasteiger charge is 2.07. The molecule has 0 aliphatic carbocycles. The Hall–Kier alpha value is -3.68. The molecule has 3 aromatic rings. The van der Waals surface area contributed by atoms with E-state index in [1.165, 1.54) is 29.2 Å². The van der Waals surface area contributed by atoms with Crippen LogP contribution < -0.4 is 11.0 Å². The Balaban J connectivity index is 1.70. The molecule has 0 saturated heterocycles. The summed E-state index contributed by atoms with van der Waals surface area (Å²) < 4.78 is 1.19. The van der Waals surface area contributed by atoms with Crippen molar-refractivity contribution in [3.8, 4) is 11.5 Å². The second-order valence-corrected chi connectivity index (χ2v) is 5.23. The van der Waals surface area contributed by atoms with E-state index in [-0.39, 0.29) is 23.6 Å². The van der Waals surface area contributed by atoms with Gasteiger partial charge < -0.3 is 10.2 Å². The molecule has 0 unspecified atom stereocenters. The van der Waals surface area contributed by atoms with Gasteiger partial charge in [-0.15, -0.1) is 0 Å². The number of aromatic hydroxyl groups is 2. The number of hydrogen-bond donors (Lipinski definition) is 3. The molecule has 2 aromatic carbocycles. The van der Waals surface area contributed by atoms with E-state index in [1.54, 1.807) is 24.3 Å². The summed E-state index contributed by atoms with van der Waals surface area (Å²) in [5, 5.41) is 23.0. The molecular weight excluding hydrogens is 324 g/mol. The van der Waals surface area contributed by atoms with Gasteiger partial charge in [0, 0.05) is 11.6 Å². The van der Waals surface area contributed by atoms with Crippen molar-refractivity contribution in [1.82, 2.24) is 15.0 Å². The average Bonchev–Trinajstić information content (AvgIpc) is 2.59. The molecule has 0 saturated carbocycles. The molecular formula is C17H14N4O4. The summed E-state index contributed by atoms with van der Waals surface area (Å²) in [7, 11) is 0. The SMILES string of the molecule is O=C(Cn1cnc2ccccc2c1=O)N/N=C/c1ccc(O)cc1O. The highest BCUT2D eigenvalue weighted by atomic mass is 16.3. The number of rotatable bonds is 4. The zero-order valence-electron chi connectivity index (χ0n) is 13.0. The Bertz CT molecular complexity index is 1030. The first-order valence-corrected chi connectivity index (χ1v) is 7.32. The molecule has 126 valence electrons. The van der Waals surface area contributed by atoms with Gasteiger partial charge in [0.2, 0.25) is 0 Å². The Morgan fingerprint density at radius 2 is 2.04 bits per heavy atom. The van der Waals surface area contributed by atoms with Gasteiger partial charge in [0.25, 0.3) is 11.5 Å². The van der Waals surface area contributed by atoms with E-state index in [4.69, 9.17) is 0 Å². The van der Waals surface area contributed by atoms with Gasteiger partial charge in [-0.1, -0.05) is 12.1 Å². The molecule has 3 N–H and O–H groups in total. The number of fused-ring (bicyclic) bond motifs is 1. The van der Waals surface area contributed by atoms with Crippen LogP contribution in [0.4, 0.5) is 0 Å². The fraction of sp³-hybridized carbons (Fsp3) is 0.0588. The number of phenols is 2. The summed E-state index contributed by atoms with van der Waals surface area (Å²) in [6.45, 7) is -0.241. The molecule has 1 amide bonds. The van der Waals surface area contributed by atoms with E-state index < -0.39 is 5.91 Å². The van der Waals surface area contributed by atoms with Crippen LogP contribution in [0.25, 0.3) is 10.9 Å². The minimum absolute atomic E-state index is 0.0816. The van der Waals surface area contributed by atoms with E-state index in [0.29, 0.717) is 16.5 Å². The van der Waals surface area contributed by atoms with Crippen LogP contribution in [-0.2, 0) is 11.3 Å². The summed E-state index contributed by atoms with van der Waals surface area (Å²) in [4.78, 5) is 28.3. The predicted octanol–water partition coefficient (Wildman–Crippen LogP) is 0.958.